The molecule has 0 saturated carbocycles. The van der Waals surface area contributed by atoms with Crippen LogP contribution in [0, 0.1) is 0 Å². The molecule has 0 spiro atoms. The molecule has 246 valence electrons. The molecule has 6 aromatic rings. The van der Waals surface area contributed by atoms with Crippen LogP contribution in [0.2, 0.25) is 0 Å². The third kappa shape index (κ3) is 9.46. The van der Waals surface area contributed by atoms with Crippen LogP contribution in [-0.2, 0) is 11.4 Å². The lowest BCUT2D eigenvalue weighted by atomic mass is 10.0. The van der Waals surface area contributed by atoms with Crippen LogP contribution in [0.3, 0.4) is 0 Å². The van der Waals surface area contributed by atoms with Gasteiger partial charge in [-0.25, -0.2) is 0 Å². The van der Waals surface area contributed by atoms with Crippen LogP contribution < -0.4 is 15.4 Å². The molecule has 6 nitrogen and oxygen atoms in total. The number of carbonyl (C=O) groups is 3. The second-order valence-corrected chi connectivity index (χ2v) is 12.4. The molecule has 0 bridgehead atoms. The fourth-order valence-electron chi connectivity index (χ4n) is 5.08. The second-order valence-electron chi connectivity index (χ2n) is 11.4. The highest BCUT2D eigenvalue weighted by atomic mass is 32.2. The Hall–Kier alpha value is -6.18. The van der Waals surface area contributed by atoms with Crippen LogP contribution in [0.4, 0.5) is 5.69 Å². The highest BCUT2D eigenvalue weighted by molar-refractivity contribution is 8.00. The zero-order chi connectivity index (χ0) is 34.5. The first-order valence-corrected chi connectivity index (χ1v) is 17.1. The van der Waals surface area contributed by atoms with Crippen molar-refractivity contribution in [3.8, 4) is 16.9 Å². The van der Waals surface area contributed by atoms with Crippen LogP contribution in [0.5, 0.6) is 5.75 Å². The summed E-state index contributed by atoms with van der Waals surface area (Å²) in [6.45, 7) is 0.435. The molecule has 0 aliphatic carbocycles. The van der Waals surface area contributed by atoms with Crippen molar-refractivity contribution >= 4 is 41.1 Å². The molecule has 2 amide bonds. The lowest BCUT2D eigenvalue weighted by molar-refractivity contribution is -0.113. The normalized spacial score (nSPS) is 11.0. The molecule has 0 atom stereocenters. The third-order valence-electron chi connectivity index (χ3n) is 7.74. The number of hydrogen-bond acceptors (Lipinski definition) is 5. The minimum atomic E-state index is -0.490. The first-order valence-electron chi connectivity index (χ1n) is 16.1. The Balaban J connectivity index is 1.12. The molecule has 0 aliphatic heterocycles. The van der Waals surface area contributed by atoms with Gasteiger partial charge in [0.2, 0.25) is 0 Å². The molecule has 0 unspecified atom stereocenters. The predicted molar refractivity (Wildman–Crippen MR) is 201 cm³/mol. The molecule has 6 rings (SSSR count). The van der Waals surface area contributed by atoms with Gasteiger partial charge in [-0.1, -0.05) is 121 Å². The SMILES string of the molecule is O=C(Nc1cccc(SCC(=O)c2ccc(-c3ccccc3)cc2)c1)/C(=C/c1ccc(OCc2ccccc2)cc1)NC(=O)c1ccccc1. The maximum atomic E-state index is 13.6. The number of Topliss-reactive ketones (excluding diaryl/α,β-unsaturated/α-hetero) is 1. The zero-order valence-corrected chi connectivity index (χ0v) is 27.9. The van der Waals surface area contributed by atoms with Crippen LogP contribution in [-0.4, -0.2) is 23.4 Å². The standard InChI is InChI=1S/C43H34N2O4S/c46-41(35-23-21-34(22-24-35)33-13-6-2-7-14-33)30-50-39-18-10-17-37(28-39)44-43(48)40(45-42(47)36-15-8-3-9-16-36)27-31-19-25-38(26-20-31)49-29-32-11-4-1-5-12-32/h1-28H,29-30H2,(H,44,48)(H,45,47)/b40-27-. The second kappa shape index (κ2) is 16.8. The van der Waals surface area contributed by atoms with E-state index in [-0.39, 0.29) is 17.2 Å². The van der Waals surface area contributed by atoms with Crippen LogP contribution >= 0.6 is 11.8 Å². The van der Waals surface area contributed by atoms with Gasteiger partial charge in [-0.05, 0) is 70.8 Å². The minimum Gasteiger partial charge on any atom is -0.489 e. The van der Waals surface area contributed by atoms with Gasteiger partial charge in [0, 0.05) is 21.7 Å². The van der Waals surface area contributed by atoms with Gasteiger partial charge in [0.05, 0.1) is 5.75 Å². The van der Waals surface area contributed by atoms with Crippen molar-refractivity contribution in [2.24, 2.45) is 0 Å². The summed E-state index contributed by atoms with van der Waals surface area (Å²) < 4.78 is 5.90. The van der Waals surface area contributed by atoms with Gasteiger partial charge >= 0.3 is 0 Å². The summed E-state index contributed by atoms with van der Waals surface area (Å²) in [6.07, 6.45) is 1.62. The molecule has 0 radical (unpaired) electrons. The van der Waals surface area contributed by atoms with Gasteiger partial charge < -0.3 is 15.4 Å². The Morgan fingerprint density at radius 3 is 1.96 bits per heavy atom. The van der Waals surface area contributed by atoms with E-state index in [0.29, 0.717) is 34.7 Å². The third-order valence-corrected chi connectivity index (χ3v) is 8.74. The fraction of sp³-hybridized carbons (Fsp3) is 0.0465. The maximum Gasteiger partial charge on any atom is 0.272 e. The minimum absolute atomic E-state index is 0.00868. The fourth-order valence-corrected chi connectivity index (χ4v) is 5.93. The van der Waals surface area contributed by atoms with E-state index in [9.17, 15) is 14.4 Å². The van der Waals surface area contributed by atoms with E-state index in [1.165, 1.54) is 11.8 Å². The summed E-state index contributed by atoms with van der Waals surface area (Å²) >= 11 is 1.39. The molecule has 50 heavy (non-hydrogen) atoms. The molecule has 6 aromatic carbocycles. The Morgan fingerprint density at radius 2 is 1.26 bits per heavy atom. The van der Waals surface area contributed by atoms with E-state index in [1.54, 1.807) is 36.4 Å². The number of ketones is 1. The lowest BCUT2D eigenvalue weighted by Gasteiger charge is -2.12. The highest BCUT2D eigenvalue weighted by Crippen LogP contribution is 2.25. The first kappa shape index (κ1) is 33.7. The Kier molecular flexibility index (Phi) is 11.3. The van der Waals surface area contributed by atoms with Gasteiger partial charge in [0.15, 0.2) is 5.78 Å². The summed E-state index contributed by atoms with van der Waals surface area (Å²) in [5.74, 6) is 0.0346. The van der Waals surface area contributed by atoms with Crippen LogP contribution in [0.15, 0.2) is 174 Å². The van der Waals surface area contributed by atoms with Gasteiger partial charge in [-0.15, -0.1) is 11.8 Å². The topological polar surface area (TPSA) is 84.5 Å². The van der Waals surface area contributed by atoms with E-state index in [2.05, 4.69) is 10.6 Å². The van der Waals surface area contributed by atoms with Gasteiger partial charge in [0.25, 0.3) is 11.8 Å². The Labute approximate surface area is 295 Å². The quantitative estimate of drug-likeness (QED) is 0.0725. The summed E-state index contributed by atoms with van der Waals surface area (Å²) in [4.78, 5) is 40.5. The van der Waals surface area contributed by atoms with Crippen molar-refractivity contribution in [2.45, 2.75) is 11.5 Å². The largest absolute Gasteiger partial charge is 0.489 e. The Morgan fingerprint density at radius 1 is 0.620 bits per heavy atom. The zero-order valence-electron chi connectivity index (χ0n) is 27.1. The number of amides is 2. The highest BCUT2D eigenvalue weighted by Gasteiger charge is 2.16. The van der Waals surface area contributed by atoms with Crippen LogP contribution in [0.1, 0.15) is 31.8 Å². The number of carbonyl (C=O) groups excluding carboxylic acids is 3. The van der Waals surface area contributed by atoms with E-state index in [4.69, 9.17) is 4.74 Å². The van der Waals surface area contributed by atoms with Crippen LogP contribution in [0.25, 0.3) is 17.2 Å². The number of ether oxygens (including phenoxy) is 1. The number of rotatable bonds is 13. The average molecular weight is 675 g/mol. The molecular weight excluding hydrogens is 641 g/mol. The smallest absolute Gasteiger partial charge is 0.272 e. The van der Waals surface area contributed by atoms with E-state index in [1.807, 2.05) is 133 Å². The molecular formula is C43H34N2O4S. The van der Waals surface area contributed by atoms with Gasteiger partial charge in [-0.3, -0.25) is 14.4 Å². The van der Waals surface area contributed by atoms with Crippen molar-refractivity contribution in [3.63, 3.8) is 0 Å². The lowest BCUT2D eigenvalue weighted by Crippen LogP contribution is -2.30. The van der Waals surface area contributed by atoms with E-state index in [0.717, 1.165) is 21.6 Å². The number of nitrogens with one attached hydrogen (secondary N) is 2. The summed E-state index contributed by atoms with van der Waals surface area (Å²) in [5, 5.41) is 5.68. The van der Waals surface area contributed by atoms with Crippen molar-refractivity contribution in [1.82, 2.24) is 5.32 Å². The van der Waals surface area contributed by atoms with Crippen molar-refractivity contribution in [1.29, 1.82) is 0 Å². The van der Waals surface area contributed by atoms with E-state index < -0.39 is 11.8 Å². The maximum absolute atomic E-state index is 13.6. The molecule has 0 heterocycles. The summed E-state index contributed by atoms with van der Waals surface area (Å²) in [7, 11) is 0. The average Bonchev–Trinajstić information content (AvgIpc) is 3.17. The monoisotopic (exact) mass is 674 g/mol. The van der Waals surface area contributed by atoms with Crippen molar-refractivity contribution in [2.75, 3.05) is 11.1 Å². The van der Waals surface area contributed by atoms with Gasteiger partial charge in [-0.2, -0.15) is 0 Å². The van der Waals surface area contributed by atoms with Crippen molar-refractivity contribution in [3.05, 3.63) is 192 Å². The Bertz CT molecular complexity index is 2080. The number of benzene rings is 6. The number of thioether (sulfide) groups is 1. The molecule has 7 heteroatoms. The number of anilines is 1. The van der Waals surface area contributed by atoms with E-state index >= 15 is 0 Å². The molecule has 0 aromatic heterocycles. The summed E-state index contributed by atoms with van der Waals surface area (Å²) in [5.41, 5.74) is 5.58. The first-order chi connectivity index (χ1) is 24.5. The number of hydrogen-bond donors (Lipinski definition) is 2. The molecule has 0 saturated heterocycles. The predicted octanol–water partition coefficient (Wildman–Crippen LogP) is 9.32. The molecule has 0 fully saturated rings. The van der Waals surface area contributed by atoms with Gasteiger partial charge in [0.1, 0.15) is 18.1 Å². The summed E-state index contributed by atoms with van der Waals surface area (Å²) in [6, 6.07) is 50.8. The van der Waals surface area contributed by atoms with Crippen molar-refractivity contribution < 1.29 is 19.1 Å². The molecule has 0 aliphatic rings. The molecule has 2 N–H and O–H groups in total.